The standard InChI is InChI=1S/C18H15B3O3.C6H7BO2.4C2H6/c1-4-10-16(11-5-1)19-22-20(17-12-6-2-7-13-17)24-21(23-19)18-14-8-3-9-15-18;8-7(9)6-4-2-1-3-5-6;4*1-2/h1-15H;1-5,8-9H;4*1-2H3. The lowest BCUT2D eigenvalue weighted by Gasteiger charge is -2.31. The fourth-order valence-electron chi connectivity index (χ4n) is 3.36. The maximum absolute atomic E-state index is 8.58. The van der Waals surface area contributed by atoms with Crippen molar-refractivity contribution in [2.45, 2.75) is 55.4 Å². The van der Waals surface area contributed by atoms with E-state index in [2.05, 4.69) is 0 Å². The summed E-state index contributed by atoms with van der Waals surface area (Å²) in [5.74, 6) is 0. The van der Waals surface area contributed by atoms with E-state index < -0.39 is 28.5 Å². The smallest absolute Gasteiger partial charge is 0.445 e. The van der Waals surface area contributed by atoms with Gasteiger partial charge in [0.05, 0.1) is 0 Å². The molecule has 4 aromatic carbocycles. The van der Waals surface area contributed by atoms with Crippen molar-refractivity contribution in [3.8, 4) is 0 Å². The van der Waals surface area contributed by atoms with Gasteiger partial charge in [0.15, 0.2) is 0 Å². The molecule has 216 valence electrons. The molecule has 5 rings (SSSR count). The Balaban J connectivity index is 0.000000789. The first-order valence-electron chi connectivity index (χ1n) is 14.7. The molecular formula is C32H46B4O5. The van der Waals surface area contributed by atoms with E-state index in [-0.39, 0.29) is 0 Å². The third-order valence-electron chi connectivity index (χ3n) is 5.05. The Labute approximate surface area is 250 Å². The van der Waals surface area contributed by atoms with Gasteiger partial charge in [-0.15, -0.1) is 0 Å². The second kappa shape index (κ2) is 24.7. The largest absolute Gasteiger partial charge is 0.488 e. The summed E-state index contributed by atoms with van der Waals surface area (Å²) in [5.41, 5.74) is 3.45. The van der Waals surface area contributed by atoms with E-state index in [9.17, 15) is 0 Å². The Morgan fingerprint density at radius 3 is 0.805 bits per heavy atom. The van der Waals surface area contributed by atoms with Crippen LogP contribution in [0.15, 0.2) is 121 Å². The van der Waals surface area contributed by atoms with Gasteiger partial charge in [-0.1, -0.05) is 177 Å². The molecule has 0 atom stereocenters. The summed E-state index contributed by atoms with van der Waals surface area (Å²) in [4.78, 5) is 0. The maximum Gasteiger partial charge on any atom is 0.488 e. The first kappa shape index (κ1) is 37.9. The molecule has 1 fully saturated rings. The van der Waals surface area contributed by atoms with Crippen molar-refractivity contribution in [2.75, 3.05) is 0 Å². The zero-order chi connectivity index (χ0) is 30.9. The van der Waals surface area contributed by atoms with Gasteiger partial charge >= 0.3 is 28.5 Å². The Kier molecular flexibility index (Phi) is 22.9. The zero-order valence-corrected chi connectivity index (χ0v) is 26.0. The van der Waals surface area contributed by atoms with E-state index >= 15 is 0 Å². The van der Waals surface area contributed by atoms with Gasteiger partial charge in [0.2, 0.25) is 0 Å². The molecule has 1 aliphatic rings. The lowest BCUT2D eigenvalue weighted by molar-refractivity contribution is 0.308. The lowest BCUT2D eigenvalue weighted by atomic mass is 9.61. The van der Waals surface area contributed by atoms with Crippen LogP contribution in [0.5, 0.6) is 0 Å². The number of rotatable bonds is 4. The van der Waals surface area contributed by atoms with E-state index in [1.54, 1.807) is 24.3 Å². The van der Waals surface area contributed by atoms with Crippen LogP contribution in [0.1, 0.15) is 55.4 Å². The lowest BCUT2D eigenvalue weighted by Crippen LogP contribution is -2.61. The molecule has 2 N–H and O–H groups in total. The molecule has 9 heteroatoms. The molecule has 0 bridgehead atoms. The van der Waals surface area contributed by atoms with Crippen molar-refractivity contribution in [2.24, 2.45) is 0 Å². The third-order valence-corrected chi connectivity index (χ3v) is 5.05. The predicted molar refractivity (Wildman–Crippen MR) is 180 cm³/mol. The Morgan fingerprint density at radius 1 is 0.390 bits per heavy atom. The molecule has 0 saturated carbocycles. The molecular weight excluding hydrogens is 508 g/mol. The first-order chi connectivity index (χ1) is 20.2. The van der Waals surface area contributed by atoms with Gasteiger partial charge < -0.3 is 23.8 Å². The average Bonchev–Trinajstić information content (AvgIpc) is 3.10. The molecule has 0 aromatic heterocycles. The Hall–Kier alpha value is -3.06. The van der Waals surface area contributed by atoms with E-state index in [4.69, 9.17) is 23.8 Å². The summed E-state index contributed by atoms with van der Waals surface area (Å²) in [6.45, 7) is 16.0. The fraction of sp³-hybridized carbons (Fsp3) is 0.250. The molecule has 1 saturated heterocycles. The minimum absolute atomic E-state index is 0.477. The van der Waals surface area contributed by atoms with Gasteiger partial charge in [-0.3, -0.25) is 0 Å². The fourth-order valence-corrected chi connectivity index (χ4v) is 3.36. The van der Waals surface area contributed by atoms with Gasteiger partial charge in [-0.05, 0) is 21.9 Å². The monoisotopic (exact) mass is 554 g/mol. The van der Waals surface area contributed by atoms with E-state index in [1.165, 1.54) is 0 Å². The first-order valence-corrected chi connectivity index (χ1v) is 14.7. The summed E-state index contributed by atoms with van der Waals surface area (Å²) in [6, 6.07) is 38.5. The van der Waals surface area contributed by atoms with Crippen molar-refractivity contribution < 1.29 is 23.8 Å². The minimum Gasteiger partial charge on any atom is -0.445 e. The van der Waals surface area contributed by atoms with Crippen LogP contribution in [0.2, 0.25) is 0 Å². The second-order valence-electron chi connectivity index (χ2n) is 7.42. The summed E-state index contributed by atoms with van der Waals surface area (Å²) < 4.78 is 18.2. The Morgan fingerprint density at radius 2 is 0.610 bits per heavy atom. The van der Waals surface area contributed by atoms with E-state index in [0.29, 0.717) is 5.46 Å². The normalized spacial score (nSPS) is 11.2. The predicted octanol–water partition coefficient (Wildman–Crippen LogP) is 4.71. The number of hydrogen-bond acceptors (Lipinski definition) is 5. The highest BCUT2D eigenvalue weighted by Crippen LogP contribution is 2.10. The van der Waals surface area contributed by atoms with Crippen LogP contribution in [-0.4, -0.2) is 38.5 Å². The van der Waals surface area contributed by atoms with Gasteiger partial charge in [0, 0.05) is 0 Å². The Bertz CT molecular complexity index is 978. The van der Waals surface area contributed by atoms with E-state index in [1.807, 2.05) is 152 Å². The van der Waals surface area contributed by atoms with E-state index in [0.717, 1.165) is 16.4 Å². The molecule has 1 heterocycles. The van der Waals surface area contributed by atoms with Crippen molar-refractivity contribution in [1.82, 2.24) is 0 Å². The highest BCUT2D eigenvalue weighted by Gasteiger charge is 2.43. The number of hydrogen-bond donors (Lipinski definition) is 2. The van der Waals surface area contributed by atoms with Crippen LogP contribution in [0.25, 0.3) is 0 Å². The summed E-state index contributed by atoms with van der Waals surface area (Å²) in [7, 11) is -2.77. The van der Waals surface area contributed by atoms with Gasteiger partial charge in [0.1, 0.15) is 0 Å². The zero-order valence-electron chi connectivity index (χ0n) is 26.0. The quantitative estimate of drug-likeness (QED) is 0.358. The molecule has 1 aliphatic heterocycles. The average molecular weight is 554 g/mol. The molecule has 0 unspecified atom stereocenters. The SMILES string of the molecule is CC.CC.CC.CC.OB(O)c1ccccc1.c1ccc(B2OB(c3ccccc3)OB(c3ccccc3)O2)cc1. The highest BCUT2D eigenvalue weighted by molar-refractivity contribution is 6.87. The summed E-state index contributed by atoms with van der Waals surface area (Å²) in [5, 5.41) is 17.2. The molecule has 0 radical (unpaired) electrons. The molecule has 0 spiro atoms. The minimum atomic E-state index is -1.34. The molecule has 4 aromatic rings. The van der Waals surface area contributed by atoms with Gasteiger partial charge in [0.25, 0.3) is 0 Å². The van der Waals surface area contributed by atoms with Crippen LogP contribution in [-0.2, 0) is 13.7 Å². The topological polar surface area (TPSA) is 68.2 Å². The van der Waals surface area contributed by atoms with Gasteiger partial charge in [-0.2, -0.15) is 0 Å². The third kappa shape index (κ3) is 13.9. The second-order valence-corrected chi connectivity index (χ2v) is 7.42. The van der Waals surface area contributed by atoms with Crippen LogP contribution in [0, 0.1) is 0 Å². The van der Waals surface area contributed by atoms with Crippen molar-refractivity contribution in [1.29, 1.82) is 0 Å². The molecule has 41 heavy (non-hydrogen) atoms. The maximum atomic E-state index is 8.58. The molecule has 0 aliphatic carbocycles. The van der Waals surface area contributed by atoms with Crippen LogP contribution in [0.4, 0.5) is 0 Å². The van der Waals surface area contributed by atoms with Gasteiger partial charge in [-0.25, -0.2) is 0 Å². The summed E-state index contributed by atoms with van der Waals surface area (Å²) in [6.07, 6.45) is 0. The van der Waals surface area contributed by atoms with Crippen molar-refractivity contribution >= 4 is 50.3 Å². The van der Waals surface area contributed by atoms with Crippen LogP contribution >= 0.6 is 0 Å². The number of benzene rings is 4. The summed E-state index contributed by atoms with van der Waals surface area (Å²) >= 11 is 0. The molecule has 5 nitrogen and oxygen atoms in total. The van der Waals surface area contributed by atoms with Crippen LogP contribution < -0.4 is 21.9 Å². The van der Waals surface area contributed by atoms with Crippen molar-refractivity contribution in [3.05, 3.63) is 121 Å². The van der Waals surface area contributed by atoms with Crippen LogP contribution in [0.3, 0.4) is 0 Å². The van der Waals surface area contributed by atoms with Crippen molar-refractivity contribution in [3.63, 3.8) is 0 Å². The highest BCUT2D eigenvalue weighted by atomic mass is 16.7. The molecule has 0 amide bonds.